The summed E-state index contributed by atoms with van der Waals surface area (Å²) in [5, 5.41) is 3.04. The van der Waals surface area contributed by atoms with Crippen molar-refractivity contribution in [2.45, 2.75) is 10.6 Å². The smallest absolute Gasteiger partial charge is 0.272 e. The minimum atomic E-state index is -3.53. The molecule has 2 aromatic heterocycles. The molecule has 2 N–H and O–H groups in total. The molecule has 0 aliphatic rings. The van der Waals surface area contributed by atoms with E-state index in [4.69, 9.17) is 0 Å². The molecule has 0 amide bonds. The number of rotatable bonds is 6. The molecular formula is C12H15N3O2S2. The van der Waals surface area contributed by atoms with Gasteiger partial charge >= 0.3 is 0 Å². The SMILES string of the molecule is CNCCc1ccc(S(=O)(=O)Nc2ccccn2)s1. The van der Waals surface area contributed by atoms with Crippen molar-refractivity contribution in [3.8, 4) is 0 Å². The minimum absolute atomic E-state index is 0.309. The molecule has 0 saturated heterocycles. The van der Waals surface area contributed by atoms with Crippen molar-refractivity contribution >= 4 is 27.2 Å². The Morgan fingerprint density at radius 2 is 2.11 bits per heavy atom. The minimum Gasteiger partial charge on any atom is -0.319 e. The molecule has 0 atom stereocenters. The van der Waals surface area contributed by atoms with Crippen molar-refractivity contribution in [2.24, 2.45) is 0 Å². The Balaban J connectivity index is 2.13. The van der Waals surface area contributed by atoms with Crippen molar-refractivity contribution in [3.63, 3.8) is 0 Å². The van der Waals surface area contributed by atoms with Gasteiger partial charge in [0.2, 0.25) is 0 Å². The largest absolute Gasteiger partial charge is 0.319 e. The molecule has 5 nitrogen and oxygen atoms in total. The Hall–Kier alpha value is -1.44. The van der Waals surface area contributed by atoms with Gasteiger partial charge in [-0.15, -0.1) is 11.3 Å². The molecule has 7 heteroatoms. The first-order chi connectivity index (χ1) is 9.12. The van der Waals surface area contributed by atoms with E-state index in [9.17, 15) is 8.42 Å². The number of hydrogen-bond acceptors (Lipinski definition) is 5. The van der Waals surface area contributed by atoms with Crippen LogP contribution in [-0.4, -0.2) is 27.0 Å². The molecule has 0 fully saturated rings. The van der Waals surface area contributed by atoms with E-state index in [-0.39, 0.29) is 0 Å². The number of thiophene rings is 1. The number of nitrogens with zero attached hydrogens (tertiary/aromatic N) is 1. The van der Waals surface area contributed by atoms with Crippen LogP contribution >= 0.6 is 11.3 Å². The van der Waals surface area contributed by atoms with Gasteiger partial charge in [0.15, 0.2) is 0 Å². The van der Waals surface area contributed by atoms with Crippen LogP contribution in [0.1, 0.15) is 4.88 Å². The van der Waals surface area contributed by atoms with E-state index in [0.717, 1.165) is 17.8 Å². The third-order valence-corrected chi connectivity index (χ3v) is 5.42. The monoisotopic (exact) mass is 297 g/mol. The lowest BCUT2D eigenvalue weighted by atomic mass is 10.3. The third kappa shape index (κ3) is 3.76. The highest BCUT2D eigenvalue weighted by atomic mass is 32.2. The predicted octanol–water partition coefficient (Wildman–Crippen LogP) is 1.71. The Kier molecular flexibility index (Phi) is 4.52. The lowest BCUT2D eigenvalue weighted by molar-refractivity contribution is 0.603. The second-order valence-corrected chi connectivity index (χ2v) is 6.97. The van der Waals surface area contributed by atoms with Gasteiger partial charge in [0.05, 0.1) is 0 Å². The average Bonchev–Trinajstić information content (AvgIpc) is 2.86. The van der Waals surface area contributed by atoms with Gasteiger partial charge < -0.3 is 5.32 Å². The molecule has 0 aliphatic heterocycles. The normalized spacial score (nSPS) is 11.4. The number of hydrogen-bond donors (Lipinski definition) is 2. The first-order valence-corrected chi connectivity index (χ1v) is 8.09. The summed E-state index contributed by atoms with van der Waals surface area (Å²) in [7, 11) is -1.66. The molecule has 0 bridgehead atoms. The highest BCUT2D eigenvalue weighted by molar-refractivity contribution is 7.94. The van der Waals surface area contributed by atoms with Crippen molar-refractivity contribution in [1.82, 2.24) is 10.3 Å². The van der Waals surface area contributed by atoms with Gasteiger partial charge in [-0.1, -0.05) is 6.07 Å². The first kappa shape index (κ1) is 14.0. The molecule has 0 aromatic carbocycles. The van der Waals surface area contributed by atoms with Crippen LogP contribution in [0.25, 0.3) is 0 Å². The fourth-order valence-corrected chi connectivity index (χ4v) is 3.86. The van der Waals surface area contributed by atoms with Crippen LogP contribution in [0, 0.1) is 0 Å². The lowest BCUT2D eigenvalue weighted by Gasteiger charge is -2.04. The topological polar surface area (TPSA) is 71.1 Å². The number of aromatic nitrogens is 1. The van der Waals surface area contributed by atoms with Crippen LogP contribution in [0.2, 0.25) is 0 Å². The maximum absolute atomic E-state index is 12.1. The zero-order chi connectivity index (χ0) is 13.7. The Morgan fingerprint density at radius 3 is 2.79 bits per heavy atom. The summed E-state index contributed by atoms with van der Waals surface area (Å²) in [6.07, 6.45) is 2.37. The van der Waals surface area contributed by atoms with E-state index in [0.29, 0.717) is 10.0 Å². The second-order valence-electron chi connectivity index (χ2n) is 3.89. The molecule has 2 rings (SSSR count). The van der Waals surface area contributed by atoms with Gasteiger partial charge in [-0.05, 0) is 44.3 Å². The number of likely N-dealkylation sites (N-methyl/N-ethyl adjacent to an activating group) is 1. The van der Waals surface area contributed by atoms with Crippen LogP contribution in [-0.2, 0) is 16.4 Å². The molecule has 0 radical (unpaired) electrons. The van der Waals surface area contributed by atoms with E-state index in [1.807, 2.05) is 13.1 Å². The standard InChI is InChI=1S/C12H15N3O2S2/c1-13-9-7-10-5-6-12(18-10)19(16,17)15-11-4-2-3-8-14-11/h2-6,8,13H,7,9H2,1H3,(H,14,15). The summed E-state index contributed by atoms with van der Waals surface area (Å²) in [6, 6.07) is 8.55. The predicted molar refractivity (Wildman–Crippen MR) is 77.0 cm³/mol. The zero-order valence-electron chi connectivity index (χ0n) is 10.5. The van der Waals surface area contributed by atoms with E-state index in [2.05, 4.69) is 15.0 Å². The molecule has 2 aromatic rings. The number of pyridine rings is 1. The Bertz CT molecular complexity index is 623. The average molecular weight is 297 g/mol. The van der Waals surface area contributed by atoms with Gasteiger partial charge in [-0.3, -0.25) is 4.72 Å². The van der Waals surface area contributed by atoms with E-state index < -0.39 is 10.0 Å². The third-order valence-electron chi connectivity index (χ3n) is 2.43. The maximum atomic E-state index is 12.1. The Labute approximate surface area is 116 Å². The van der Waals surface area contributed by atoms with Crippen molar-refractivity contribution in [3.05, 3.63) is 41.4 Å². The molecule has 0 saturated carbocycles. The number of nitrogens with one attached hydrogen (secondary N) is 2. The lowest BCUT2D eigenvalue weighted by Crippen LogP contribution is -2.12. The number of sulfonamides is 1. The number of anilines is 1. The summed E-state index contributed by atoms with van der Waals surface area (Å²) in [5.74, 6) is 0.327. The zero-order valence-corrected chi connectivity index (χ0v) is 12.1. The summed E-state index contributed by atoms with van der Waals surface area (Å²) < 4.78 is 27.0. The van der Waals surface area contributed by atoms with Gasteiger partial charge in [0, 0.05) is 11.1 Å². The summed E-state index contributed by atoms with van der Waals surface area (Å²) in [4.78, 5) is 4.99. The first-order valence-electron chi connectivity index (χ1n) is 5.79. The van der Waals surface area contributed by atoms with Crippen LogP contribution in [0.3, 0.4) is 0 Å². The molecule has 2 heterocycles. The summed E-state index contributed by atoms with van der Waals surface area (Å²) >= 11 is 1.28. The van der Waals surface area contributed by atoms with Crippen LogP contribution in [0.15, 0.2) is 40.7 Å². The molecule has 0 spiro atoms. The highest BCUT2D eigenvalue weighted by Crippen LogP contribution is 2.23. The summed E-state index contributed by atoms with van der Waals surface area (Å²) in [5.41, 5.74) is 0. The molecule has 19 heavy (non-hydrogen) atoms. The molecular weight excluding hydrogens is 282 g/mol. The van der Waals surface area contributed by atoms with Crippen molar-refractivity contribution in [1.29, 1.82) is 0 Å². The van der Waals surface area contributed by atoms with E-state index in [1.54, 1.807) is 30.5 Å². The fourth-order valence-electron chi connectivity index (χ4n) is 1.50. The van der Waals surface area contributed by atoms with Crippen molar-refractivity contribution < 1.29 is 8.42 Å². The van der Waals surface area contributed by atoms with Crippen molar-refractivity contribution in [2.75, 3.05) is 18.3 Å². The molecule has 0 unspecified atom stereocenters. The fraction of sp³-hybridized carbons (Fsp3) is 0.250. The highest BCUT2D eigenvalue weighted by Gasteiger charge is 2.17. The molecule has 102 valence electrons. The van der Waals surface area contributed by atoms with E-state index in [1.165, 1.54) is 11.3 Å². The van der Waals surface area contributed by atoms with Gasteiger partial charge in [-0.2, -0.15) is 0 Å². The quantitative estimate of drug-likeness (QED) is 0.851. The molecule has 0 aliphatic carbocycles. The maximum Gasteiger partial charge on any atom is 0.272 e. The second kappa shape index (κ2) is 6.14. The summed E-state index contributed by atoms with van der Waals surface area (Å²) in [6.45, 7) is 0.827. The Morgan fingerprint density at radius 1 is 1.26 bits per heavy atom. The van der Waals surface area contributed by atoms with Crippen LogP contribution < -0.4 is 10.0 Å². The van der Waals surface area contributed by atoms with Crippen LogP contribution in [0.5, 0.6) is 0 Å². The van der Waals surface area contributed by atoms with Crippen LogP contribution in [0.4, 0.5) is 5.82 Å². The van der Waals surface area contributed by atoms with Gasteiger partial charge in [0.1, 0.15) is 10.0 Å². The van der Waals surface area contributed by atoms with Gasteiger partial charge in [-0.25, -0.2) is 13.4 Å². The van der Waals surface area contributed by atoms with Gasteiger partial charge in [0.25, 0.3) is 10.0 Å². The van der Waals surface area contributed by atoms with E-state index >= 15 is 0 Å².